The summed E-state index contributed by atoms with van der Waals surface area (Å²) in [5.41, 5.74) is 1.32. The summed E-state index contributed by atoms with van der Waals surface area (Å²) in [5, 5.41) is 0. The molecule has 0 atom stereocenters. The van der Waals surface area contributed by atoms with Crippen molar-refractivity contribution >= 4 is 11.6 Å². The van der Waals surface area contributed by atoms with E-state index in [2.05, 4.69) is 0 Å². The number of rotatable bonds is 5. The molecule has 0 saturated heterocycles. The highest BCUT2D eigenvalue weighted by atomic mass is 16.5. The van der Waals surface area contributed by atoms with Gasteiger partial charge < -0.3 is 14.1 Å². The summed E-state index contributed by atoms with van der Waals surface area (Å²) in [7, 11) is 1.56. The Morgan fingerprint density at radius 1 is 1.00 bits per heavy atom. The number of hydrogen-bond acceptors (Lipinski definition) is 3. The summed E-state index contributed by atoms with van der Waals surface area (Å²) in [6, 6.07) is 20.4. The molecule has 4 heteroatoms. The Kier molecular flexibility index (Phi) is 4.43. The summed E-state index contributed by atoms with van der Waals surface area (Å²) in [6.07, 6.45) is 1.60. The van der Waals surface area contributed by atoms with E-state index in [-0.39, 0.29) is 5.91 Å². The number of hydrogen-bond donors (Lipinski definition) is 0. The number of methoxy groups -OCH3 is 1. The standard InChI is InChI=1S/C19H17NO3/c1-22-18-12-6-5-11-17(18)19(21)20(14-16-10-7-13-23-16)15-8-3-2-4-9-15/h2-13H,14H2,1H3. The summed E-state index contributed by atoms with van der Waals surface area (Å²) >= 11 is 0. The molecule has 1 heterocycles. The van der Waals surface area contributed by atoms with Gasteiger partial charge in [-0.25, -0.2) is 0 Å². The van der Waals surface area contributed by atoms with Gasteiger partial charge in [-0.3, -0.25) is 4.79 Å². The molecule has 4 nitrogen and oxygen atoms in total. The molecule has 0 fully saturated rings. The zero-order valence-corrected chi connectivity index (χ0v) is 12.8. The Morgan fingerprint density at radius 2 is 1.74 bits per heavy atom. The second-order valence-electron chi connectivity index (χ2n) is 5.01. The first-order chi connectivity index (χ1) is 11.3. The van der Waals surface area contributed by atoms with Crippen molar-refractivity contribution in [2.24, 2.45) is 0 Å². The lowest BCUT2D eigenvalue weighted by atomic mass is 10.1. The van der Waals surface area contributed by atoms with Crippen molar-refractivity contribution in [2.45, 2.75) is 6.54 Å². The van der Waals surface area contributed by atoms with Crippen molar-refractivity contribution in [3.8, 4) is 5.75 Å². The largest absolute Gasteiger partial charge is 0.496 e. The third kappa shape index (κ3) is 3.26. The number of amides is 1. The van der Waals surface area contributed by atoms with E-state index in [4.69, 9.17) is 9.15 Å². The minimum absolute atomic E-state index is 0.134. The lowest BCUT2D eigenvalue weighted by molar-refractivity contribution is 0.0980. The Balaban J connectivity index is 1.99. The van der Waals surface area contributed by atoms with Gasteiger partial charge in [0.2, 0.25) is 0 Å². The number of nitrogens with zero attached hydrogens (tertiary/aromatic N) is 1. The minimum atomic E-state index is -0.134. The predicted octanol–water partition coefficient (Wildman–Crippen LogP) is 4.14. The van der Waals surface area contributed by atoms with Crippen LogP contribution in [-0.4, -0.2) is 13.0 Å². The smallest absolute Gasteiger partial charge is 0.262 e. The van der Waals surface area contributed by atoms with E-state index in [0.29, 0.717) is 17.9 Å². The van der Waals surface area contributed by atoms with Gasteiger partial charge in [0.1, 0.15) is 11.5 Å². The average molecular weight is 307 g/mol. The van der Waals surface area contributed by atoms with Crippen molar-refractivity contribution in [1.82, 2.24) is 0 Å². The van der Waals surface area contributed by atoms with Gasteiger partial charge in [0.25, 0.3) is 5.91 Å². The molecule has 0 saturated carbocycles. The van der Waals surface area contributed by atoms with E-state index in [1.165, 1.54) is 0 Å². The van der Waals surface area contributed by atoms with E-state index in [9.17, 15) is 4.79 Å². The fourth-order valence-electron chi connectivity index (χ4n) is 2.41. The molecule has 2 aromatic carbocycles. The minimum Gasteiger partial charge on any atom is -0.496 e. The second kappa shape index (κ2) is 6.83. The van der Waals surface area contributed by atoms with Gasteiger partial charge in [0.15, 0.2) is 0 Å². The molecule has 0 spiro atoms. The molecule has 0 aliphatic rings. The molecule has 1 aromatic heterocycles. The molecule has 0 N–H and O–H groups in total. The maximum atomic E-state index is 13.1. The molecule has 0 aliphatic heterocycles. The van der Waals surface area contributed by atoms with Crippen LogP contribution < -0.4 is 9.64 Å². The van der Waals surface area contributed by atoms with Crippen LogP contribution in [0.25, 0.3) is 0 Å². The van der Waals surface area contributed by atoms with Crippen LogP contribution in [0.5, 0.6) is 5.75 Å². The van der Waals surface area contributed by atoms with E-state index in [1.54, 1.807) is 30.4 Å². The van der Waals surface area contributed by atoms with Crippen molar-refractivity contribution in [1.29, 1.82) is 0 Å². The van der Waals surface area contributed by atoms with Crippen LogP contribution in [-0.2, 0) is 6.54 Å². The highest BCUT2D eigenvalue weighted by molar-refractivity contribution is 6.07. The molecule has 0 aliphatic carbocycles. The van der Waals surface area contributed by atoms with Crippen LogP contribution in [0.1, 0.15) is 16.1 Å². The lowest BCUT2D eigenvalue weighted by Gasteiger charge is -2.22. The average Bonchev–Trinajstić information content (AvgIpc) is 3.13. The molecular formula is C19H17NO3. The van der Waals surface area contributed by atoms with Crippen LogP contribution >= 0.6 is 0 Å². The van der Waals surface area contributed by atoms with Gasteiger partial charge in [-0.1, -0.05) is 30.3 Å². The fraction of sp³-hybridized carbons (Fsp3) is 0.105. The first kappa shape index (κ1) is 14.9. The summed E-state index contributed by atoms with van der Waals surface area (Å²) in [4.78, 5) is 14.7. The molecule has 1 amide bonds. The number of anilines is 1. The van der Waals surface area contributed by atoms with Gasteiger partial charge in [-0.15, -0.1) is 0 Å². The lowest BCUT2D eigenvalue weighted by Crippen LogP contribution is -2.30. The maximum absolute atomic E-state index is 13.1. The summed E-state index contributed by atoms with van der Waals surface area (Å²) in [5.74, 6) is 1.14. The predicted molar refractivity (Wildman–Crippen MR) is 88.7 cm³/mol. The van der Waals surface area contributed by atoms with Crippen molar-refractivity contribution in [3.63, 3.8) is 0 Å². The van der Waals surface area contributed by atoms with E-state index in [0.717, 1.165) is 11.4 Å². The molecule has 0 bridgehead atoms. The Hall–Kier alpha value is -3.01. The maximum Gasteiger partial charge on any atom is 0.262 e. The molecule has 116 valence electrons. The van der Waals surface area contributed by atoms with Gasteiger partial charge in [-0.05, 0) is 36.4 Å². The molecule has 0 unspecified atom stereocenters. The first-order valence-electron chi connectivity index (χ1n) is 7.32. The molecule has 0 radical (unpaired) electrons. The van der Waals surface area contributed by atoms with Gasteiger partial charge in [0, 0.05) is 5.69 Å². The van der Waals surface area contributed by atoms with Crippen LogP contribution in [0.15, 0.2) is 77.4 Å². The van der Waals surface area contributed by atoms with Gasteiger partial charge in [-0.2, -0.15) is 0 Å². The molecule has 23 heavy (non-hydrogen) atoms. The Bertz CT molecular complexity index is 766. The monoisotopic (exact) mass is 307 g/mol. The number of ether oxygens (including phenoxy) is 1. The van der Waals surface area contributed by atoms with Crippen molar-refractivity contribution < 1.29 is 13.9 Å². The summed E-state index contributed by atoms with van der Waals surface area (Å²) < 4.78 is 10.7. The third-order valence-electron chi connectivity index (χ3n) is 3.54. The van der Waals surface area contributed by atoms with E-state index in [1.807, 2.05) is 54.6 Å². The zero-order chi connectivity index (χ0) is 16.1. The highest BCUT2D eigenvalue weighted by Crippen LogP contribution is 2.24. The van der Waals surface area contributed by atoms with Crippen molar-refractivity contribution in [3.05, 3.63) is 84.3 Å². The normalized spacial score (nSPS) is 10.3. The van der Waals surface area contributed by atoms with Crippen LogP contribution in [0.4, 0.5) is 5.69 Å². The van der Waals surface area contributed by atoms with Crippen molar-refractivity contribution in [2.75, 3.05) is 12.0 Å². The number of carbonyl (C=O) groups is 1. The third-order valence-corrected chi connectivity index (χ3v) is 3.54. The van der Waals surface area contributed by atoms with Gasteiger partial charge in [0.05, 0.1) is 25.5 Å². The molecule has 3 aromatic rings. The van der Waals surface area contributed by atoms with E-state index < -0.39 is 0 Å². The number of benzene rings is 2. The second-order valence-corrected chi connectivity index (χ2v) is 5.01. The van der Waals surface area contributed by atoms with Gasteiger partial charge >= 0.3 is 0 Å². The zero-order valence-electron chi connectivity index (χ0n) is 12.8. The van der Waals surface area contributed by atoms with Crippen LogP contribution in [0, 0.1) is 0 Å². The Labute approximate surface area is 134 Å². The number of para-hydroxylation sites is 2. The number of furan rings is 1. The topological polar surface area (TPSA) is 42.7 Å². The number of carbonyl (C=O) groups excluding carboxylic acids is 1. The van der Waals surface area contributed by atoms with E-state index >= 15 is 0 Å². The van der Waals surface area contributed by atoms with Crippen LogP contribution in [0.3, 0.4) is 0 Å². The highest BCUT2D eigenvalue weighted by Gasteiger charge is 2.21. The Morgan fingerprint density at radius 3 is 2.43 bits per heavy atom. The first-order valence-corrected chi connectivity index (χ1v) is 7.32. The quantitative estimate of drug-likeness (QED) is 0.711. The SMILES string of the molecule is COc1ccccc1C(=O)N(Cc1ccco1)c1ccccc1. The molecular weight excluding hydrogens is 290 g/mol. The fourth-order valence-corrected chi connectivity index (χ4v) is 2.41. The molecule has 3 rings (SSSR count). The van der Waals surface area contributed by atoms with Crippen LogP contribution in [0.2, 0.25) is 0 Å². The summed E-state index contributed by atoms with van der Waals surface area (Å²) in [6.45, 7) is 0.355.